The molecule has 4 N–H and O–H groups in total. The van der Waals surface area contributed by atoms with Gasteiger partial charge < -0.3 is 15.6 Å². The van der Waals surface area contributed by atoms with Gasteiger partial charge in [0, 0.05) is 11.9 Å². The van der Waals surface area contributed by atoms with Crippen molar-refractivity contribution in [3.05, 3.63) is 58.6 Å². The Hall–Kier alpha value is -3.27. The summed E-state index contributed by atoms with van der Waals surface area (Å²) in [5.74, 6) is -1.13. The number of amidine groups is 1. The molecule has 0 spiro atoms. The van der Waals surface area contributed by atoms with Gasteiger partial charge in [-0.3, -0.25) is 10.2 Å². The first-order chi connectivity index (χ1) is 12.0. The number of hydrogen-bond donors (Lipinski definition) is 4. The molecule has 11 heteroatoms. The smallest absolute Gasteiger partial charge is 0.271 e. The first kappa shape index (κ1) is 16.6. The minimum absolute atomic E-state index is 0.0151. The van der Waals surface area contributed by atoms with E-state index in [-0.39, 0.29) is 34.5 Å². The fourth-order valence-corrected chi connectivity index (χ4v) is 2.11. The van der Waals surface area contributed by atoms with Gasteiger partial charge in [-0.2, -0.15) is 0 Å². The lowest BCUT2D eigenvalue weighted by molar-refractivity contribution is 0.0945. The van der Waals surface area contributed by atoms with Crippen LogP contribution in [-0.2, 0) is 6.54 Å². The number of nitrogens with zero attached hydrogens (tertiary/aromatic N) is 3. The molecule has 0 saturated heterocycles. The number of halogens is 2. The van der Waals surface area contributed by atoms with Gasteiger partial charge in [0.1, 0.15) is 17.2 Å². The quantitative estimate of drug-likeness (QED) is 0.404. The predicted octanol–water partition coefficient (Wildman–Crippen LogP) is 1.95. The highest BCUT2D eigenvalue weighted by Crippen LogP contribution is 2.20. The number of nitrogens with one attached hydrogen (secondary N) is 4. The first-order valence-electron chi connectivity index (χ1n) is 6.94. The van der Waals surface area contributed by atoms with E-state index in [1.165, 1.54) is 30.7 Å². The average molecular weight is 364 g/mol. The number of carbonyl (C=O) groups is 1. The van der Waals surface area contributed by atoms with E-state index < -0.39 is 11.7 Å². The van der Waals surface area contributed by atoms with Crippen molar-refractivity contribution in [3.63, 3.8) is 0 Å². The summed E-state index contributed by atoms with van der Waals surface area (Å²) in [6.07, 6.45) is 2.82. The molecule has 25 heavy (non-hydrogen) atoms. The number of H-pyrrole nitrogens is 1. The van der Waals surface area contributed by atoms with Gasteiger partial charge in [0.15, 0.2) is 11.5 Å². The van der Waals surface area contributed by atoms with Gasteiger partial charge in [-0.05, 0) is 23.4 Å². The van der Waals surface area contributed by atoms with Gasteiger partial charge in [-0.25, -0.2) is 14.0 Å². The summed E-state index contributed by atoms with van der Waals surface area (Å²) in [6, 6.07) is 3.92. The van der Waals surface area contributed by atoms with Gasteiger partial charge in [-0.1, -0.05) is 16.8 Å². The molecule has 0 atom stereocenters. The summed E-state index contributed by atoms with van der Waals surface area (Å²) < 4.78 is 17.8. The van der Waals surface area contributed by atoms with Crippen LogP contribution in [0.5, 0.6) is 0 Å². The Morgan fingerprint density at radius 2 is 2.24 bits per heavy atom. The van der Waals surface area contributed by atoms with E-state index in [1.807, 2.05) is 0 Å². The largest absolute Gasteiger partial charge is 0.350 e. The SMILES string of the molecule is N=C(Nc1ccc(F)c(Cl)c1)c1nonc1CNC(=O)c1c[nH]cn1. The van der Waals surface area contributed by atoms with Crippen LogP contribution in [0.1, 0.15) is 21.9 Å². The van der Waals surface area contributed by atoms with Crippen LogP contribution in [0.25, 0.3) is 0 Å². The zero-order chi connectivity index (χ0) is 17.8. The van der Waals surface area contributed by atoms with Gasteiger partial charge in [0.05, 0.1) is 17.9 Å². The lowest BCUT2D eigenvalue weighted by Gasteiger charge is -2.07. The van der Waals surface area contributed by atoms with Crippen LogP contribution in [0.15, 0.2) is 35.4 Å². The molecule has 2 heterocycles. The molecule has 3 aromatic rings. The third-order valence-corrected chi connectivity index (χ3v) is 3.42. The van der Waals surface area contributed by atoms with Crippen molar-refractivity contribution in [3.8, 4) is 0 Å². The minimum Gasteiger partial charge on any atom is -0.350 e. The number of amides is 1. The van der Waals surface area contributed by atoms with E-state index in [2.05, 4.69) is 35.5 Å². The molecule has 0 unspecified atom stereocenters. The fourth-order valence-electron chi connectivity index (χ4n) is 1.93. The normalized spacial score (nSPS) is 10.5. The number of rotatable bonds is 5. The monoisotopic (exact) mass is 363 g/mol. The second kappa shape index (κ2) is 7.09. The Morgan fingerprint density at radius 3 is 2.96 bits per heavy atom. The molecule has 9 nitrogen and oxygen atoms in total. The average Bonchev–Trinajstić information content (AvgIpc) is 3.27. The van der Waals surface area contributed by atoms with Crippen LogP contribution in [-0.4, -0.2) is 32.0 Å². The Labute approximate surface area is 145 Å². The minimum atomic E-state index is -0.566. The number of imidazole rings is 1. The summed E-state index contributed by atoms with van der Waals surface area (Å²) >= 11 is 5.70. The van der Waals surface area contributed by atoms with E-state index in [0.29, 0.717) is 5.69 Å². The summed E-state index contributed by atoms with van der Waals surface area (Å²) in [4.78, 5) is 18.3. The van der Waals surface area contributed by atoms with Crippen molar-refractivity contribution >= 4 is 29.0 Å². The zero-order valence-electron chi connectivity index (χ0n) is 12.5. The number of benzene rings is 1. The van der Waals surface area contributed by atoms with Crippen LogP contribution in [0.3, 0.4) is 0 Å². The van der Waals surface area contributed by atoms with Gasteiger partial charge >= 0.3 is 0 Å². The molecule has 0 fully saturated rings. The maximum absolute atomic E-state index is 13.2. The molecular formula is C14H11ClFN7O2. The van der Waals surface area contributed by atoms with Crippen molar-refractivity contribution in [1.82, 2.24) is 25.6 Å². The number of anilines is 1. The zero-order valence-corrected chi connectivity index (χ0v) is 13.3. The molecule has 0 radical (unpaired) electrons. The molecule has 1 aromatic carbocycles. The Bertz CT molecular complexity index is 910. The molecule has 128 valence electrons. The molecule has 0 aliphatic carbocycles. The molecule has 0 saturated carbocycles. The van der Waals surface area contributed by atoms with Crippen LogP contribution in [0.4, 0.5) is 10.1 Å². The summed E-state index contributed by atoms with van der Waals surface area (Å²) in [7, 11) is 0. The third-order valence-electron chi connectivity index (χ3n) is 3.13. The topological polar surface area (TPSA) is 133 Å². The van der Waals surface area contributed by atoms with E-state index >= 15 is 0 Å². The van der Waals surface area contributed by atoms with Crippen molar-refractivity contribution in [2.24, 2.45) is 0 Å². The van der Waals surface area contributed by atoms with Gasteiger partial charge in [-0.15, -0.1) is 0 Å². The Kier molecular flexibility index (Phi) is 4.70. The van der Waals surface area contributed by atoms with Crippen LogP contribution < -0.4 is 10.6 Å². The Balaban J connectivity index is 1.67. The highest BCUT2D eigenvalue weighted by molar-refractivity contribution is 6.31. The molecule has 0 aliphatic heterocycles. The Morgan fingerprint density at radius 1 is 1.40 bits per heavy atom. The maximum Gasteiger partial charge on any atom is 0.271 e. The molecule has 0 bridgehead atoms. The standard InChI is InChI=1S/C14H11ClFN7O2/c15-8-3-7(1-2-9(8)16)21-13(17)12-10(22-25-23-12)5-19-14(24)11-4-18-6-20-11/h1-4,6H,5H2,(H2,17,21)(H,18,20)(H,19,24). The van der Waals surface area contributed by atoms with E-state index in [0.717, 1.165) is 0 Å². The van der Waals surface area contributed by atoms with Gasteiger partial charge in [0.2, 0.25) is 0 Å². The molecule has 0 aliphatic rings. The lowest BCUT2D eigenvalue weighted by atomic mass is 10.2. The van der Waals surface area contributed by atoms with E-state index in [9.17, 15) is 9.18 Å². The van der Waals surface area contributed by atoms with Crippen molar-refractivity contribution < 1.29 is 13.8 Å². The van der Waals surface area contributed by atoms with Gasteiger partial charge in [0.25, 0.3) is 5.91 Å². The predicted molar refractivity (Wildman–Crippen MR) is 85.9 cm³/mol. The second-order valence-electron chi connectivity index (χ2n) is 4.83. The summed E-state index contributed by atoms with van der Waals surface area (Å²) in [6.45, 7) is -0.0151. The summed E-state index contributed by atoms with van der Waals surface area (Å²) in [5.41, 5.74) is 0.954. The number of hydrogen-bond acceptors (Lipinski definition) is 6. The van der Waals surface area contributed by atoms with E-state index in [1.54, 1.807) is 0 Å². The fraction of sp³-hybridized carbons (Fsp3) is 0.0714. The highest BCUT2D eigenvalue weighted by atomic mass is 35.5. The van der Waals surface area contributed by atoms with Crippen LogP contribution in [0, 0.1) is 11.2 Å². The van der Waals surface area contributed by atoms with Crippen molar-refractivity contribution in [2.75, 3.05) is 5.32 Å². The third kappa shape index (κ3) is 3.80. The highest BCUT2D eigenvalue weighted by Gasteiger charge is 2.17. The van der Waals surface area contributed by atoms with Crippen LogP contribution in [0.2, 0.25) is 5.02 Å². The van der Waals surface area contributed by atoms with Crippen molar-refractivity contribution in [1.29, 1.82) is 5.41 Å². The number of aromatic amines is 1. The molecule has 3 rings (SSSR count). The van der Waals surface area contributed by atoms with E-state index in [4.69, 9.17) is 17.0 Å². The van der Waals surface area contributed by atoms with Crippen molar-refractivity contribution in [2.45, 2.75) is 6.54 Å². The number of carbonyl (C=O) groups excluding carboxylic acids is 1. The van der Waals surface area contributed by atoms with Crippen LogP contribution >= 0.6 is 11.6 Å². The molecular weight excluding hydrogens is 353 g/mol. The maximum atomic E-state index is 13.2. The summed E-state index contributed by atoms with van der Waals surface area (Å²) in [5, 5.41) is 20.6. The first-order valence-corrected chi connectivity index (χ1v) is 7.32. The second-order valence-corrected chi connectivity index (χ2v) is 5.23. The molecule has 1 amide bonds. The lowest BCUT2D eigenvalue weighted by Crippen LogP contribution is -2.25. The molecule has 2 aromatic heterocycles. The number of aromatic nitrogens is 4.